The van der Waals surface area contributed by atoms with Crippen molar-refractivity contribution in [2.75, 3.05) is 20.6 Å². The van der Waals surface area contributed by atoms with Gasteiger partial charge < -0.3 is 24.7 Å². The first-order chi connectivity index (χ1) is 20.2. The van der Waals surface area contributed by atoms with Gasteiger partial charge in [-0.15, -0.1) is 0 Å². The Morgan fingerprint density at radius 1 is 1.00 bits per heavy atom. The van der Waals surface area contributed by atoms with Crippen LogP contribution in [-0.2, 0) is 11.3 Å². The van der Waals surface area contributed by atoms with Crippen molar-refractivity contribution >= 4 is 6.03 Å². The molecule has 43 heavy (non-hydrogen) atoms. The monoisotopic (exact) mass is 589 g/mol. The lowest BCUT2D eigenvalue weighted by molar-refractivity contribution is -0.125. The maximum atomic E-state index is 13.3. The summed E-state index contributed by atoms with van der Waals surface area (Å²) in [4.78, 5) is 16.8. The molecule has 5 saturated carbocycles. The van der Waals surface area contributed by atoms with E-state index in [1.54, 1.807) is 24.9 Å². The number of fused-ring (bicyclic) bond motifs is 4. The van der Waals surface area contributed by atoms with Crippen LogP contribution in [0.4, 0.5) is 4.79 Å². The number of carbonyl (C=O) groups is 1. The van der Waals surface area contributed by atoms with Crippen LogP contribution in [0, 0.1) is 63.0 Å². The van der Waals surface area contributed by atoms with Gasteiger partial charge in [0.15, 0.2) is 0 Å². The van der Waals surface area contributed by atoms with Gasteiger partial charge in [0.1, 0.15) is 12.2 Å². The van der Waals surface area contributed by atoms with Crippen molar-refractivity contribution in [1.82, 2.24) is 9.80 Å². The molecule has 1 aromatic carbocycles. The van der Waals surface area contributed by atoms with Crippen LogP contribution in [0.5, 0.6) is 0 Å². The second kappa shape index (κ2) is 9.69. The first kappa shape index (κ1) is 30.0. The average molecular weight is 590 g/mol. The number of aliphatic hydroxyl groups is 2. The minimum Gasteiger partial charge on any atom is -0.393 e. The SMILES string of the molecule is C[C@@H]1C[C](CN(Cc2ccccc2)C(=O)N(C)C)O[C]2[C@H]1[C@@]1(C)CC[C@@]34C[C@@]35CC[C@H](O)C(C)(C)[C@@H]5CC[C]4[C@]1(C)[C@H]2O. The normalized spacial score (nSPS) is 45.3. The van der Waals surface area contributed by atoms with Gasteiger partial charge in [-0.2, -0.15) is 0 Å². The van der Waals surface area contributed by atoms with E-state index in [9.17, 15) is 15.0 Å². The van der Waals surface area contributed by atoms with Crippen LogP contribution < -0.4 is 0 Å². The van der Waals surface area contributed by atoms with Crippen molar-refractivity contribution in [3.63, 3.8) is 0 Å². The highest BCUT2D eigenvalue weighted by Gasteiger charge is 2.85. The molecule has 5 aliphatic carbocycles. The zero-order chi connectivity index (χ0) is 30.7. The first-order valence-electron chi connectivity index (χ1n) is 16.9. The zero-order valence-corrected chi connectivity index (χ0v) is 27.4. The Labute approximate surface area is 259 Å². The summed E-state index contributed by atoms with van der Waals surface area (Å²) < 4.78 is 6.82. The third-order valence-corrected chi connectivity index (χ3v) is 14.3. The maximum absolute atomic E-state index is 13.3. The number of hydrogen-bond donors (Lipinski definition) is 2. The molecular formula is C37H53N2O4. The second-order valence-corrected chi connectivity index (χ2v) is 16.6. The highest BCUT2D eigenvalue weighted by molar-refractivity contribution is 5.74. The molecule has 7 rings (SSSR count). The molecule has 1 aliphatic heterocycles. The van der Waals surface area contributed by atoms with Crippen molar-refractivity contribution in [2.24, 2.45) is 44.8 Å². The summed E-state index contributed by atoms with van der Waals surface area (Å²) >= 11 is 0. The third-order valence-electron chi connectivity index (χ3n) is 14.3. The van der Waals surface area contributed by atoms with Crippen LogP contribution in [-0.4, -0.2) is 58.9 Å². The number of ether oxygens (including phenoxy) is 1. The van der Waals surface area contributed by atoms with E-state index in [4.69, 9.17) is 4.74 Å². The summed E-state index contributed by atoms with van der Waals surface area (Å²) in [5.74, 6) is 2.70. The summed E-state index contributed by atoms with van der Waals surface area (Å²) in [6.45, 7) is 12.7. The van der Waals surface area contributed by atoms with Crippen LogP contribution in [0.25, 0.3) is 0 Å². The van der Waals surface area contributed by atoms with Crippen molar-refractivity contribution < 1.29 is 19.7 Å². The molecule has 1 heterocycles. The summed E-state index contributed by atoms with van der Waals surface area (Å²) in [7, 11) is 3.60. The van der Waals surface area contributed by atoms with E-state index in [0.717, 1.165) is 56.3 Å². The molecular weight excluding hydrogens is 536 g/mol. The number of benzene rings is 1. The predicted molar refractivity (Wildman–Crippen MR) is 167 cm³/mol. The topological polar surface area (TPSA) is 73.2 Å². The summed E-state index contributed by atoms with van der Waals surface area (Å²) in [6, 6.07) is 10.1. The fourth-order valence-corrected chi connectivity index (χ4v) is 12.1. The van der Waals surface area contributed by atoms with E-state index >= 15 is 0 Å². The third kappa shape index (κ3) is 3.84. The van der Waals surface area contributed by atoms with Crippen molar-refractivity contribution in [3.8, 4) is 0 Å². The predicted octanol–water partition coefficient (Wildman–Crippen LogP) is 6.63. The molecule has 2 spiro atoms. The lowest BCUT2D eigenvalue weighted by Crippen LogP contribution is -2.58. The van der Waals surface area contributed by atoms with Crippen LogP contribution in [0.1, 0.15) is 91.5 Å². The number of nitrogens with zero attached hydrogens (tertiary/aromatic N) is 2. The van der Waals surface area contributed by atoms with Gasteiger partial charge in [-0.1, -0.05) is 65.0 Å². The largest absolute Gasteiger partial charge is 0.393 e. The minimum absolute atomic E-state index is 0.0342. The van der Waals surface area contributed by atoms with Gasteiger partial charge in [-0.05, 0) is 96.3 Å². The number of aliphatic hydroxyl groups excluding tert-OH is 2. The summed E-state index contributed by atoms with van der Waals surface area (Å²) in [6.07, 6.45) is 9.45. The molecule has 0 unspecified atom stereocenters. The highest BCUT2D eigenvalue weighted by atomic mass is 16.5. The van der Waals surface area contributed by atoms with Crippen molar-refractivity contribution in [3.05, 3.63) is 54.0 Å². The minimum atomic E-state index is -0.643. The molecule has 9 atom stereocenters. The van der Waals surface area contributed by atoms with Gasteiger partial charge in [0, 0.05) is 32.0 Å². The number of hydrogen-bond acceptors (Lipinski definition) is 4. The molecule has 235 valence electrons. The molecule has 0 bridgehead atoms. The van der Waals surface area contributed by atoms with Gasteiger partial charge in [-0.3, -0.25) is 0 Å². The second-order valence-electron chi connectivity index (χ2n) is 16.6. The first-order valence-corrected chi connectivity index (χ1v) is 16.9. The molecule has 2 N–H and O–H groups in total. The Bertz CT molecular complexity index is 1250. The molecule has 0 aromatic heterocycles. The Balaban J connectivity index is 1.16. The fraction of sp³-hybridized carbons (Fsp3) is 0.730. The standard InChI is InChI=1S/C37H53N2O4/c1-23-19-25(21-39(32(42)38(6)7)20-24-11-9-8-10-12-24)43-30-29(23)34(4)17-18-37-22-36(37)16-15-28(40)33(2,3)26(36)13-14-27(37)35(34,5)31(30)41/h8-12,23,26,28-29,31,40-41H,13-22H2,1-7H3/t23-,26+,28+,29+,31+,34-,35-,36-,37+/m1/s1. The maximum Gasteiger partial charge on any atom is 0.319 e. The molecule has 6 aliphatic rings. The summed E-state index contributed by atoms with van der Waals surface area (Å²) in [5, 5.41) is 23.4. The average Bonchev–Trinajstić information content (AvgIpc) is 3.60. The van der Waals surface area contributed by atoms with E-state index in [1.165, 1.54) is 12.8 Å². The van der Waals surface area contributed by atoms with Crippen molar-refractivity contribution in [2.45, 2.75) is 105 Å². The number of rotatable bonds is 4. The zero-order valence-electron chi connectivity index (χ0n) is 27.4. The van der Waals surface area contributed by atoms with Crippen LogP contribution in [0.2, 0.25) is 0 Å². The number of amides is 2. The quantitative estimate of drug-likeness (QED) is 0.414. The molecule has 3 radical (unpaired) electrons. The summed E-state index contributed by atoms with van der Waals surface area (Å²) in [5.41, 5.74) is 1.15. The molecule has 2 amide bonds. The van der Waals surface area contributed by atoms with Gasteiger partial charge in [0.25, 0.3) is 0 Å². The Morgan fingerprint density at radius 2 is 1.72 bits per heavy atom. The Kier molecular flexibility index (Phi) is 6.77. The van der Waals surface area contributed by atoms with E-state index in [1.807, 2.05) is 23.1 Å². The van der Waals surface area contributed by atoms with Gasteiger partial charge in [-0.25, -0.2) is 4.79 Å². The van der Waals surface area contributed by atoms with Crippen LogP contribution in [0.15, 0.2) is 30.3 Å². The number of urea groups is 1. The van der Waals surface area contributed by atoms with Gasteiger partial charge in [0.05, 0.1) is 18.8 Å². The lowest BCUT2D eigenvalue weighted by Gasteiger charge is -2.63. The van der Waals surface area contributed by atoms with E-state index in [0.29, 0.717) is 30.3 Å². The molecule has 1 saturated heterocycles. The van der Waals surface area contributed by atoms with Crippen LogP contribution >= 0.6 is 0 Å². The van der Waals surface area contributed by atoms with E-state index in [2.05, 4.69) is 46.8 Å². The van der Waals surface area contributed by atoms with E-state index in [-0.39, 0.29) is 39.7 Å². The van der Waals surface area contributed by atoms with Gasteiger partial charge >= 0.3 is 6.03 Å². The molecule has 6 nitrogen and oxygen atoms in total. The smallest absolute Gasteiger partial charge is 0.319 e. The van der Waals surface area contributed by atoms with Crippen LogP contribution in [0.3, 0.4) is 0 Å². The highest BCUT2D eigenvalue weighted by Crippen LogP contribution is 2.90. The fourth-order valence-electron chi connectivity index (χ4n) is 12.1. The molecule has 6 fully saturated rings. The van der Waals surface area contributed by atoms with Crippen molar-refractivity contribution in [1.29, 1.82) is 0 Å². The molecule has 1 aromatic rings. The van der Waals surface area contributed by atoms with E-state index < -0.39 is 6.10 Å². The lowest BCUT2D eigenvalue weighted by atomic mass is 9.41. The Hall–Kier alpha value is -1.63. The molecule has 6 heteroatoms. The Morgan fingerprint density at radius 3 is 2.42 bits per heavy atom. The number of carbonyl (C=O) groups excluding carboxylic acids is 1. The van der Waals surface area contributed by atoms with Gasteiger partial charge in [0.2, 0.25) is 0 Å².